The number of nitro groups is 1. The van der Waals surface area contributed by atoms with Crippen molar-refractivity contribution in [3.8, 4) is 0 Å². The zero-order valence-electron chi connectivity index (χ0n) is 9.44. The molecule has 0 aliphatic heterocycles. The van der Waals surface area contributed by atoms with Gasteiger partial charge in [-0.25, -0.2) is 4.79 Å². The van der Waals surface area contributed by atoms with Gasteiger partial charge in [-0.05, 0) is 19.1 Å². The minimum atomic E-state index is -4.58. The minimum absolute atomic E-state index is 0.0306. The van der Waals surface area contributed by atoms with E-state index < -0.39 is 37.7 Å². The number of rotatable bonds is 5. The molecule has 0 aromatic heterocycles. The highest BCUT2D eigenvalue weighted by molar-refractivity contribution is 7.87. The molecule has 1 N–H and O–H groups in total. The van der Waals surface area contributed by atoms with Gasteiger partial charge in [0.1, 0.15) is 0 Å². The number of nitrogens with zero attached hydrogens (tertiary/aromatic N) is 1. The van der Waals surface area contributed by atoms with Crippen LogP contribution >= 0.6 is 11.6 Å². The third kappa shape index (κ3) is 3.63. The summed E-state index contributed by atoms with van der Waals surface area (Å²) in [5, 5.41) is 19.3. The van der Waals surface area contributed by atoms with E-state index in [1.807, 2.05) is 0 Å². The molecule has 0 saturated heterocycles. The minimum Gasteiger partial charge on any atom is -0.479 e. The van der Waals surface area contributed by atoms with E-state index in [2.05, 4.69) is 4.18 Å². The first-order chi connectivity index (χ1) is 8.65. The monoisotopic (exact) mass is 309 g/mol. The number of nitro benzene ring substituents is 1. The van der Waals surface area contributed by atoms with Crippen LogP contribution in [-0.2, 0) is 19.1 Å². The molecule has 0 aliphatic carbocycles. The van der Waals surface area contributed by atoms with Crippen LogP contribution in [0.2, 0.25) is 5.02 Å². The SMILES string of the molecule is C[C@H](OS(=O)(=O)c1ccc(Cl)cc1[N+](=O)[O-])C(=O)O. The largest absolute Gasteiger partial charge is 0.479 e. The maximum atomic E-state index is 11.8. The fourth-order valence-electron chi connectivity index (χ4n) is 1.13. The number of carboxylic acids is 1. The zero-order valence-corrected chi connectivity index (χ0v) is 11.0. The van der Waals surface area contributed by atoms with Crippen LogP contribution in [0.25, 0.3) is 0 Å². The molecule has 0 unspecified atom stereocenters. The van der Waals surface area contributed by atoms with Gasteiger partial charge in [0, 0.05) is 11.1 Å². The first kappa shape index (κ1) is 15.3. The van der Waals surface area contributed by atoms with Crippen LogP contribution in [0.1, 0.15) is 6.92 Å². The Bertz CT molecular complexity index is 627. The normalized spacial score (nSPS) is 12.9. The van der Waals surface area contributed by atoms with Gasteiger partial charge < -0.3 is 5.11 Å². The maximum absolute atomic E-state index is 11.8. The lowest BCUT2D eigenvalue weighted by Gasteiger charge is -2.09. The van der Waals surface area contributed by atoms with Crippen LogP contribution in [0.4, 0.5) is 5.69 Å². The molecule has 0 fully saturated rings. The Balaban J connectivity index is 3.29. The molecule has 1 rings (SSSR count). The third-order valence-electron chi connectivity index (χ3n) is 2.01. The average Bonchev–Trinajstić information content (AvgIpc) is 2.27. The van der Waals surface area contributed by atoms with Crippen molar-refractivity contribution < 1.29 is 27.4 Å². The van der Waals surface area contributed by atoms with Gasteiger partial charge in [-0.1, -0.05) is 11.6 Å². The molecule has 0 amide bonds. The summed E-state index contributed by atoms with van der Waals surface area (Å²) in [6.45, 7) is 0.988. The first-order valence-electron chi connectivity index (χ1n) is 4.75. The Kier molecular flexibility index (Phi) is 4.45. The number of benzene rings is 1. The number of aliphatic carboxylic acids is 1. The van der Waals surface area contributed by atoms with E-state index in [4.69, 9.17) is 16.7 Å². The Morgan fingerprint density at radius 1 is 1.53 bits per heavy atom. The van der Waals surface area contributed by atoms with Gasteiger partial charge in [0.25, 0.3) is 5.69 Å². The first-order valence-corrected chi connectivity index (χ1v) is 6.54. The molecule has 19 heavy (non-hydrogen) atoms. The van der Waals surface area contributed by atoms with Crippen LogP contribution in [0.3, 0.4) is 0 Å². The average molecular weight is 310 g/mol. The summed E-state index contributed by atoms with van der Waals surface area (Å²) in [7, 11) is -4.58. The van der Waals surface area contributed by atoms with Crippen molar-refractivity contribution in [1.29, 1.82) is 0 Å². The van der Waals surface area contributed by atoms with E-state index in [1.165, 1.54) is 0 Å². The third-order valence-corrected chi connectivity index (χ3v) is 3.67. The van der Waals surface area contributed by atoms with E-state index in [-0.39, 0.29) is 5.02 Å². The summed E-state index contributed by atoms with van der Waals surface area (Å²) in [6, 6.07) is 2.84. The highest BCUT2D eigenvalue weighted by Crippen LogP contribution is 2.28. The molecule has 0 aliphatic rings. The molecule has 104 valence electrons. The van der Waals surface area contributed by atoms with E-state index in [0.29, 0.717) is 0 Å². The van der Waals surface area contributed by atoms with Crippen LogP contribution in [0, 0.1) is 10.1 Å². The number of halogens is 1. The van der Waals surface area contributed by atoms with E-state index >= 15 is 0 Å². The van der Waals surface area contributed by atoms with Crippen molar-refractivity contribution in [3.63, 3.8) is 0 Å². The lowest BCUT2D eigenvalue weighted by molar-refractivity contribution is -0.387. The van der Waals surface area contributed by atoms with E-state index in [0.717, 1.165) is 25.1 Å². The van der Waals surface area contributed by atoms with Crippen LogP contribution < -0.4 is 0 Å². The fraction of sp³-hybridized carbons (Fsp3) is 0.222. The van der Waals surface area contributed by atoms with Gasteiger partial charge >= 0.3 is 16.1 Å². The summed E-state index contributed by atoms with van der Waals surface area (Å²) in [5.74, 6) is -1.51. The second-order valence-electron chi connectivity index (χ2n) is 3.40. The summed E-state index contributed by atoms with van der Waals surface area (Å²) >= 11 is 5.53. The molecule has 1 atom stereocenters. The van der Waals surface area contributed by atoms with Crippen LogP contribution in [0.15, 0.2) is 23.1 Å². The van der Waals surface area contributed by atoms with Gasteiger partial charge in [0.15, 0.2) is 11.0 Å². The Hall–Kier alpha value is -1.71. The Morgan fingerprint density at radius 2 is 2.11 bits per heavy atom. The quantitative estimate of drug-likeness (QED) is 0.495. The van der Waals surface area contributed by atoms with Crippen molar-refractivity contribution in [1.82, 2.24) is 0 Å². The van der Waals surface area contributed by atoms with Gasteiger partial charge in [-0.2, -0.15) is 8.42 Å². The summed E-state index contributed by atoms with van der Waals surface area (Å²) in [4.78, 5) is 19.6. The molecule has 0 radical (unpaired) electrons. The van der Waals surface area contributed by atoms with Gasteiger partial charge in [-0.15, -0.1) is 0 Å². The van der Waals surface area contributed by atoms with Crippen molar-refractivity contribution in [2.75, 3.05) is 0 Å². The predicted octanol–water partition coefficient (Wildman–Crippen LogP) is 1.43. The zero-order chi connectivity index (χ0) is 14.8. The maximum Gasteiger partial charge on any atom is 0.334 e. The summed E-state index contributed by atoms with van der Waals surface area (Å²) < 4.78 is 27.8. The van der Waals surface area contributed by atoms with Crippen LogP contribution in [-0.4, -0.2) is 30.5 Å². The molecule has 0 saturated carbocycles. The Labute approximate surface area is 112 Å². The molecule has 1 aromatic rings. The number of carbonyl (C=O) groups is 1. The molecule has 8 nitrogen and oxygen atoms in total. The predicted molar refractivity (Wildman–Crippen MR) is 63.5 cm³/mol. The van der Waals surface area contributed by atoms with E-state index in [1.54, 1.807) is 0 Å². The van der Waals surface area contributed by atoms with Crippen molar-refractivity contribution in [3.05, 3.63) is 33.3 Å². The molecule has 0 heterocycles. The summed E-state index contributed by atoms with van der Waals surface area (Å²) in [5.41, 5.74) is -0.787. The lowest BCUT2D eigenvalue weighted by atomic mass is 10.3. The van der Waals surface area contributed by atoms with Gasteiger partial charge in [0.2, 0.25) is 0 Å². The number of hydrogen-bond donors (Lipinski definition) is 1. The van der Waals surface area contributed by atoms with Gasteiger partial charge in [0.05, 0.1) is 4.92 Å². The topological polar surface area (TPSA) is 124 Å². The van der Waals surface area contributed by atoms with E-state index in [9.17, 15) is 23.3 Å². The van der Waals surface area contributed by atoms with Crippen molar-refractivity contribution >= 4 is 33.4 Å². The number of carboxylic acid groups (broad SMARTS) is 1. The molecule has 1 aromatic carbocycles. The van der Waals surface area contributed by atoms with Crippen molar-refractivity contribution in [2.45, 2.75) is 17.9 Å². The smallest absolute Gasteiger partial charge is 0.334 e. The summed E-state index contributed by atoms with van der Waals surface area (Å²) in [6.07, 6.45) is -1.67. The lowest BCUT2D eigenvalue weighted by Crippen LogP contribution is -2.24. The van der Waals surface area contributed by atoms with Crippen LogP contribution in [0.5, 0.6) is 0 Å². The fourth-order valence-corrected chi connectivity index (χ4v) is 2.48. The second-order valence-corrected chi connectivity index (χ2v) is 5.38. The van der Waals surface area contributed by atoms with Crippen molar-refractivity contribution in [2.24, 2.45) is 0 Å². The molecular weight excluding hydrogens is 302 g/mol. The second kappa shape index (κ2) is 5.51. The Morgan fingerprint density at radius 3 is 2.58 bits per heavy atom. The molecule has 0 spiro atoms. The molecule has 10 heteroatoms. The number of hydrogen-bond acceptors (Lipinski definition) is 6. The standard InChI is InChI=1S/C9H8ClNO7S/c1-5(9(12)13)18-19(16,17)8-3-2-6(10)4-7(8)11(14)15/h2-5H,1H3,(H,12,13)/t5-/m0/s1. The molecular formula is C9H8ClNO7S. The highest BCUT2D eigenvalue weighted by Gasteiger charge is 2.30. The highest BCUT2D eigenvalue weighted by atomic mass is 35.5. The molecule has 0 bridgehead atoms. The van der Waals surface area contributed by atoms with Gasteiger partial charge in [-0.3, -0.25) is 14.3 Å².